The van der Waals surface area contributed by atoms with Crippen LogP contribution in [0.3, 0.4) is 0 Å². The average molecular weight is 254 g/mol. The zero-order chi connectivity index (χ0) is 13.6. The Morgan fingerprint density at radius 1 is 1.56 bits per heavy atom. The van der Waals surface area contributed by atoms with E-state index in [0.717, 1.165) is 18.9 Å². The van der Waals surface area contributed by atoms with E-state index in [1.807, 2.05) is 26.0 Å². The highest BCUT2D eigenvalue weighted by Crippen LogP contribution is 2.07. The average Bonchev–Trinajstić information content (AvgIpc) is 2.44. The molecule has 2 rings (SSSR count). The first-order chi connectivity index (χ1) is 8.86. The monoisotopic (exact) mass is 254 g/mol. The zero-order valence-corrected chi connectivity index (χ0v) is 11.0. The van der Waals surface area contributed by atoms with E-state index in [-0.39, 0.29) is 6.47 Å². The molecule has 0 bridgehead atoms. The van der Waals surface area contributed by atoms with Gasteiger partial charge in [0.05, 0.1) is 0 Å². The molecule has 6 nitrogen and oxygen atoms in total. The van der Waals surface area contributed by atoms with Crippen LogP contribution >= 0.6 is 0 Å². The lowest BCUT2D eigenvalue weighted by Gasteiger charge is -2.23. The number of hydrogen-bond donors (Lipinski definition) is 3. The van der Waals surface area contributed by atoms with Crippen molar-refractivity contribution in [2.45, 2.75) is 32.7 Å². The van der Waals surface area contributed by atoms with Gasteiger partial charge in [0, 0.05) is 18.8 Å². The van der Waals surface area contributed by atoms with Gasteiger partial charge in [-0.1, -0.05) is 13.8 Å². The first-order valence-electron chi connectivity index (χ1n) is 6.19. The van der Waals surface area contributed by atoms with Crippen LogP contribution in [0.5, 0.6) is 0 Å². The summed E-state index contributed by atoms with van der Waals surface area (Å²) in [7, 11) is 0. The molecular weight excluding hydrogens is 232 g/mol. The molecule has 18 heavy (non-hydrogen) atoms. The molecular formula is C12H22N4O2. The lowest BCUT2D eigenvalue weighted by molar-refractivity contribution is -0.122. The lowest BCUT2D eigenvalue weighted by atomic mass is 10.1. The predicted octanol–water partition coefficient (Wildman–Crippen LogP) is 1.37. The fourth-order valence-corrected chi connectivity index (χ4v) is 1.56. The van der Waals surface area contributed by atoms with Crippen LogP contribution in [0.15, 0.2) is 18.3 Å². The molecule has 1 atom stereocenters. The molecule has 0 aliphatic carbocycles. The Balaban J connectivity index is 0.000000509. The van der Waals surface area contributed by atoms with Gasteiger partial charge in [-0.2, -0.15) is 5.10 Å². The molecule has 0 spiro atoms. The summed E-state index contributed by atoms with van der Waals surface area (Å²) in [5, 5.41) is 21.4. The summed E-state index contributed by atoms with van der Waals surface area (Å²) in [5.41, 5.74) is 0. The van der Waals surface area contributed by atoms with E-state index in [9.17, 15) is 0 Å². The molecule has 1 aromatic heterocycles. The van der Waals surface area contributed by atoms with Gasteiger partial charge in [0.2, 0.25) is 0 Å². The molecule has 1 unspecified atom stereocenters. The minimum Gasteiger partial charge on any atom is -0.483 e. The standard InChI is InChI=1S/C9H14N4.C2H6.CH2O2/c1-3-8(7-10-5-1)12-9-4-2-6-11-13-9;1-2;2-1-3/h2,4,6,8,10H,1,3,5,7H2,(H,12,13);1-2H3;1H,(H,2,3). The third kappa shape index (κ3) is 7.56. The Kier molecular flexibility index (Phi) is 10.7. The number of piperidine rings is 1. The molecule has 3 N–H and O–H groups in total. The molecule has 1 aliphatic heterocycles. The maximum absolute atomic E-state index is 8.36. The summed E-state index contributed by atoms with van der Waals surface area (Å²) in [6.45, 7) is 5.91. The molecule has 0 aromatic carbocycles. The Hall–Kier alpha value is -1.69. The lowest BCUT2D eigenvalue weighted by Crippen LogP contribution is -2.38. The van der Waals surface area contributed by atoms with Crippen molar-refractivity contribution in [1.82, 2.24) is 15.5 Å². The molecule has 0 amide bonds. The maximum atomic E-state index is 8.36. The predicted molar refractivity (Wildman–Crippen MR) is 71.6 cm³/mol. The zero-order valence-electron chi connectivity index (χ0n) is 11.0. The van der Waals surface area contributed by atoms with Gasteiger partial charge in [0.1, 0.15) is 5.82 Å². The van der Waals surface area contributed by atoms with Crippen LogP contribution in [0.2, 0.25) is 0 Å². The smallest absolute Gasteiger partial charge is 0.290 e. The topological polar surface area (TPSA) is 87.1 Å². The molecule has 1 aliphatic rings. The van der Waals surface area contributed by atoms with E-state index >= 15 is 0 Å². The molecule has 0 saturated carbocycles. The van der Waals surface area contributed by atoms with E-state index in [0.29, 0.717) is 6.04 Å². The number of aromatic nitrogens is 2. The molecule has 2 heterocycles. The van der Waals surface area contributed by atoms with Crippen molar-refractivity contribution in [1.29, 1.82) is 0 Å². The van der Waals surface area contributed by atoms with E-state index in [1.54, 1.807) is 6.20 Å². The normalized spacial score (nSPS) is 17.3. The Labute approximate surface area is 108 Å². The second-order valence-electron chi connectivity index (χ2n) is 3.40. The van der Waals surface area contributed by atoms with Crippen molar-refractivity contribution < 1.29 is 9.90 Å². The highest BCUT2D eigenvalue weighted by atomic mass is 16.3. The van der Waals surface area contributed by atoms with Gasteiger partial charge in [-0.3, -0.25) is 4.79 Å². The van der Waals surface area contributed by atoms with E-state index < -0.39 is 0 Å². The van der Waals surface area contributed by atoms with Crippen LogP contribution < -0.4 is 10.6 Å². The number of nitrogens with zero attached hydrogens (tertiary/aromatic N) is 2. The Morgan fingerprint density at radius 3 is 2.78 bits per heavy atom. The summed E-state index contributed by atoms with van der Waals surface area (Å²) in [5.74, 6) is 0.871. The van der Waals surface area contributed by atoms with Crippen molar-refractivity contribution in [2.24, 2.45) is 0 Å². The van der Waals surface area contributed by atoms with E-state index in [2.05, 4.69) is 20.8 Å². The highest BCUT2D eigenvalue weighted by Gasteiger charge is 2.12. The van der Waals surface area contributed by atoms with Crippen molar-refractivity contribution in [3.8, 4) is 0 Å². The first-order valence-corrected chi connectivity index (χ1v) is 6.19. The molecule has 1 saturated heterocycles. The second-order valence-corrected chi connectivity index (χ2v) is 3.40. The van der Waals surface area contributed by atoms with Crippen LogP contribution in [0, 0.1) is 0 Å². The van der Waals surface area contributed by atoms with Gasteiger partial charge in [0.25, 0.3) is 6.47 Å². The van der Waals surface area contributed by atoms with Crippen molar-refractivity contribution in [3.63, 3.8) is 0 Å². The number of carboxylic acid groups (broad SMARTS) is 1. The third-order valence-corrected chi connectivity index (χ3v) is 2.22. The van der Waals surface area contributed by atoms with Gasteiger partial charge < -0.3 is 15.7 Å². The van der Waals surface area contributed by atoms with E-state index in [1.165, 1.54) is 12.8 Å². The van der Waals surface area contributed by atoms with Crippen molar-refractivity contribution in [2.75, 3.05) is 18.4 Å². The fourth-order valence-electron chi connectivity index (χ4n) is 1.56. The van der Waals surface area contributed by atoms with Crippen LogP contribution in [0.4, 0.5) is 5.82 Å². The largest absolute Gasteiger partial charge is 0.483 e. The number of anilines is 1. The molecule has 0 radical (unpaired) electrons. The Bertz CT molecular complexity index is 289. The quantitative estimate of drug-likeness (QED) is 0.691. The van der Waals surface area contributed by atoms with Gasteiger partial charge in [-0.25, -0.2) is 0 Å². The molecule has 1 fully saturated rings. The van der Waals surface area contributed by atoms with Crippen molar-refractivity contribution in [3.05, 3.63) is 18.3 Å². The van der Waals surface area contributed by atoms with Gasteiger partial charge in [-0.15, -0.1) is 5.10 Å². The van der Waals surface area contributed by atoms with Crippen LogP contribution in [-0.4, -0.2) is 40.9 Å². The first kappa shape index (κ1) is 16.3. The number of nitrogens with one attached hydrogen (secondary N) is 2. The minimum atomic E-state index is -0.250. The SMILES string of the molecule is CC.O=CO.c1cnnc(NC2CCCNC2)c1. The minimum absolute atomic E-state index is 0.250. The summed E-state index contributed by atoms with van der Waals surface area (Å²) in [4.78, 5) is 8.36. The third-order valence-electron chi connectivity index (χ3n) is 2.22. The van der Waals surface area contributed by atoms with Gasteiger partial charge in [-0.05, 0) is 31.5 Å². The van der Waals surface area contributed by atoms with Crippen LogP contribution in [0.25, 0.3) is 0 Å². The molecule has 102 valence electrons. The molecule has 6 heteroatoms. The van der Waals surface area contributed by atoms with E-state index in [4.69, 9.17) is 9.90 Å². The van der Waals surface area contributed by atoms with Gasteiger partial charge >= 0.3 is 0 Å². The second kappa shape index (κ2) is 11.8. The fraction of sp³-hybridized carbons (Fsp3) is 0.583. The van der Waals surface area contributed by atoms with Crippen molar-refractivity contribution >= 4 is 12.3 Å². The summed E-state index contributed by atoms with van der Waals surface area (Å²) in [6, 6.07) is 4.35. The Morgan fingerprint density at radius 2 is 2.28 bits per heavy atom. The number of rotatable bonds is 2. The maximum Gasteiger partial charge on any atom is 0.290 e. The summed E-state index contributed by atoms with van der Waals surface area (Å²) in [6.07, 6.45) is 4.13. The highest BCUT2D eigenvalue weighted by molar-refractivity contribution is 5.33. The number of hydrogen-bond acceptors (Lipinski definition) is 5. The summed E-state index contributed by atoms with van der Waals surface area (Å²) < 4.78 is 0. The van der Waals surface area contributed by atoms with Gasteiger partial charge in [0.15, 0.2) is 0 Å². The number of carbonyl (C=O) groups is 1. The molecule has 1 aromatic rings. The van der Waals surface area contributed by atoms with Crippen LogP contribution in [0.1, 0.15) is 26.7 Å². The van der Waals surface area contributed by atoms with Crippen LogP contribution in [-0.2, 0) is 4.79 Å². The summed E-state index contributed by atoms with van der Waals surface area (Å²) >= 11 is 0.